The first kappa shape index (κ1) is 16.4. The molecule has 0 fully saturated rings. The van der Waals surface area contributed by atoms with Crippen LogP contribution in [-0.4, -0.2) is 43.8 Å². The summed E-state index contributed by atoms with van der Waals surface area (Å²) in [7, 11) is 1.04. The van der Waals surface area contributed by atoms with Gasteiger partial charge >= 0.3 is 6.09 Å². The van der Waals surface area contributed by atoms with Crippen molar-refractivity contribution >= 4 is 14.4 Å². The standard InChI is InChI=1S/C12H27NO3Si/c1-11(2,16-10(14)13(5)6)9-12(3,4)17(7,8)15/h15H,9H2,1-8H3. The molecule has 0 aliphatic rings. The summed E-state index contributed by atoms with van der Waals surface area (Å²) >= 11 is 0. The van der Waals surface area contributed by atoms with Crippen LogP contribution in [-0.2, 0) is 4.74 Å². The van der Waals surface area contributed by atoms with E-state index < -0.39 is 13.9 Å². The third-order valence-corrected chi connectivity index (χ3v) is 6.74. The number of hydrogen-bond donors (Lipinski definition) is 1. The largest absolute Gasteiger partial charge is 0.443 e. The lowest BCUT2D eigenvalue weighted by Crippen LogP contribution is -2.45. The molecule has 0 aromatic carbocycles. The van der Waals surface area contributed by atoms with Crippen LogP contribution in [0.25, 0.3) is 0 Å². The fourth-order valence-electron chi connectivity index (χ4n) is 1.64. The zero-order chi connectivity index (χ0) is 14.1. The summed E-state index contributed by atoms with van der Waals surface area (Å²) in [6.45, 7) is 11.7. The molecule has 0 atom stereocenters. The van der Waals surface area contributed by atoms with Gasteiger partial charge in [-0.05, 0) is 38.4 Å². The second-order valence-electron chi connectivity index (χ2n) is 6.64. The van der Waals surface area contributed by atoms with Gasteiger partial charge in [0.25, 0.3) is 0 Å². The SMILES string of the molecule is CN(C)C(=O)OC(C)(C)CC(C)(C)[Si](C)(C)O. The molecule has 0 aliphatic carbocycles. The van der Waals surface area contributed by atoms with Crippen LogP contribution < -0.4 is 0 Å². The minimum atomic E-state index is -2.28. The summed E-state index contributed by atoms with van der Waals surface area (Å²) in [6.07, 6.45) is 0.304. The molecule has 0 aromatic rings. The number of ether oxygens (including phenoxy) is 1. The van der Waals surface area contributed by atoms with Crippen LogP contribution in [0.3, 0.4) is 0 Å². The Kier molecular flexibility index (Phi) is 4.82. The second kappa shape index (κ2) is 4.98. The van der Waals surface area contributed by atoms with Gasteiger partial charge < -0.3 is 14.4 Å². The number of hydrogen-bond acceptors (Lipinski definition) is 3. The molecule has 0 unspecified atom stereocenters. The summed E-state index contributed by atoms with van der Waals surface area (Å²) in [6, 6.07) is 0. The zero-order valence-corrected chi connectivity index (χ0v) is 13.4. The highest BCUT2D eigenvalue weighted by Gasteiger charge is 2.43. The van der Waals surface area contributed by atoms with Crippen LogP contribution in [0.15, 0.2) is 0 Å². The molecule has 4 nitrogen and oxygen atoms in total. The Hall–Kier alpha value is -0.553. The Morgan fingerprint density at radius 3 is 1.94 bits per heavy atom. The molecule has 0 spiro atoms. The first-order valence-corrected chi connectivity index (χ1v) is 8.86. The summed E-state index contributed by atoms with van der Waals surface area (Å²) in [5, 5.41) is -0.205. The molecule has 5 heteroatoms. The molecule has 1 N–H and O–H groups in total. The number of carbonyl (C=O) groups excluding carboxylic acids is 1. The maximum atomic E-state index is 11.5. The van der Waals surface area contributed by atoms with Crippen LogP contribution in [0.4, 0.5) is 4.79 Å². The van der Waals surface area contributed by atoms with Gasteiger partial charge in [0.1, 0.15) is 5.60 Å². The van der Waals surface area contributed by atoms with E-state index in [9.17, 15) is 9.59 Å². The van der Waals surface area contributed by atoms with E-state index in [2.05, 4.69) is 0 Å². The Bertz CT molecular complexity index is 280. The maximum Gasteiger partial charge on any atom is 0.409 e. The van der Waals surface area contributed by atoms with Gasteiger partial charge in [0, 0.05) is 14.1 Å². The van der Waals surface area contributed by atoms with Gasteiger partial charge in [0.2, 0.25) is 0 Å². The monoisotopic (exact) mass is 261 g/mol. The first-order chi connectivity index (χ1) is 7.28. The molecular weight excluding hydrogens is 234 g/mol. The molecule has 1 amide bonds. The van der Waals surface area contributed by atoms with Crippen molar-refractivity contribution in [3.05, 3.63) is 0 Å². The van der Waals surface area contributed by atoms with Crippen LogP contribution >= 0.6 is 0 Å². The molecule has 0 bridgehead atoms. The smallest absolute Gasteiger partial charge is 0.409 e. The Morgan fingerprint density at radius 2 is 1.65 bits per heavy atom. The lowest BCUT2D eigenvalue weighted by Gasteiger charge is -2.40. The van der Waals surface area contributed by atoms with E-state index in [-0.39, 0.29) is 11.1 Å². The van der Waals surface area contributed by atoms with E-state index in [0.29, 0.717) is 6.42 Å². The number of nitrogens with zero attached hydrogens (tertiary/aromatic N) is 1. The molecule has 0 aromatic heterocycles. The highest BCUT2D eigenvalue weighted by atomic mass is 28.4. The van der Waals surface area contributed by atoms with Gasteiger partial charge in [-0.3, -0.25) is 0 Å². The van der Waals surface area contributed by atoms with Crippen molar-refractivity contribution < 1.29 is 14.3 Å². The van der Waals surface area contributed by atoms with Crippen molar-refractivity contribution in [2.75, 3.05) is 14.1 Å². The van der Waals surface area contributed by atoms with Gasteiger partial charge in [-0.2, -0.15) is 0 Å². The summed E-state index contributed by atoms with van der Waals surface area (Å²) < 4.78 is 5.43. The maximum absolute atomic E-state index is 11.5. The summed E-state index contributed by atoms with van der Waals surface area (Å²) in [5.74, 6) is 0. The molecule has 0 saturated heterocycles. The minimum absolute atomic E-state index is 0.205. The molecule has 17 heavy (non-hydrogen) atoms. The average Bonchev–Trinajstić information content (AvgIpc) is 1.97. The normalized spacial score (nSPS) is 13.5. The second-order valence-corrected chi connectivity index (χ2v) is 11.1. The topological polar surface area (TPSA) is 49.8 Å². The number of amides is 1. The van der Waals surface area contributed by atoms with Gasteiger partial charge in [0.05, 0.1) is 0 Å². The highest BCUT2D eigenvalue weighted by molar-refractivity contribution is 6.72. The summed E-state index contributed by atoms with van der Waals surface area (Å²) in [4.78, 5) is 23.2. The van der Waals surface area contributed by atoms with Crippen LogP contribution in [0, 0.1) is 0 Å². The number of rotatable bonds is 4. The highest BCUT2D eigenvalue weighted by Crippen LogP contribution is 2.43. The third kappa shape index (κ3) is 5.08. The van der Waals surface area contributed by atoms with Gasteiger partial charge in [-0.15, -0.1) is 0 Å². The van der Waals surface area contributed by atoms with Gasteiger partial charge in [-0.1, -0.05) is 13.8 Å². The van der Waals surface area contributed by atoms with Crippen molar-refractivity contribution in [1.82, 2.24) is 4.90 Å². The fourth-order valence-corrected chi connectivity index (χ4v) is 2.50. The third-order valence-electron chi connectivity index (χ3n) is 3.25. The van der Waals surface area contributed by atoms with Gasteiger partial charge in [0.15, 0.2) is 8.32 Å². The molecule has 0 saturated carbocycles. The average molecular weight is 261 g/mol. The fraction of sp³-hybridized carbons (Fsp3) is 0.917. The van der Waals surface area contributed by atoms with E-state index in [0.717, 1.165) is 0 Å². The molecule has 0 heterocycles. The van der Waals surface area contributed by atoms with E-state index in [1.807, 2.05) is 40.8 Å². The predicted molar refractivity (Wildman–Crippen MR) is 72.6 cm³/mol. The van der Waals surface area contributed by atoms with Crippen LogP contribution in [0.1, 0.15) is 34.1 Å². The van der Waals surface area contributed by atoms with Crippen molar-refractivity contribution in [2.24, 2.45) is 0 Å². The van der Waals surface area contributed by atoms with E-state index >= 15 is 0 Å². The first-order valence-electron chi connectivity index (χ1n) is 5.91. The molecule has 102 valence electrons. The Morgan fingerprint density at radius 1 is 1.24 bits per heavy atom. The molecule has 0 radical (unpaired) electrons. The van der Waals surface area contributed by atoms with Crippen molar-refractivity contribution in [1.29, 1.82) is 0 Å². The summed E-state index contributed by atoms with van der Waals surface area (Å²) in [5.41, 5.74) is -0.572. The van der Waals surface area contributed by atoms with E-state index in [1.54, 1.807) is 14.1 Å². The van der Waals surface area contributed by atoms with Crippen molar-refractivity contribution in [3.63, 3.8) is 0 Å². The molecule has 0 rings (SSSR count). The predicted octanol–water partition coefficient (Wildman–Crippen LogP) is 2.83. The lowest BCUT2D eigenvalue weighted by molar-refractivity contribution is 0.00859. The molecule has 0 aliphatic heterocycles. The lowest BCUT2D eigenvalue weighted by atomic mass is 9.95. The van der Waals surface area contributed by atoms with Crippen LogP contribution in [0.5, 0.6) is 0 Å². The van der Waals surface area contributed by atoms with Gasteiger partial charge in [-0.25, -0.2) is 4.79 Å². The molecular formula is C12H27NO3Si. The number of carbonyl (C=O) groups is 1. The van der Waals surface area contributed by atoms with Crippen molar-refractivity contribution in [2.45, 2.75) is 57.8 Å². The quantitative estimate of drug-likeness (QED) is 0.792. The van der Waals surface area contributed by atoms with Crippen LogP contribution in [0.2, 0.25) is 18.1 Å². The Labute approximate surface area is 106 Å². The minimum Gasteiger partial charge on any atom is -0.443 e. The van der Waals surface area contributed by atoms with E-state index in [1.165, 1.54) is 4.90 Å². The Balaban J connectivity index is 4.71. The zero-order valence-electron chi connectivity index (χ0n) is 12.4. The van der Waals surface area contributed by atoms with Crippen molar-refractivity contribution in [3.8, 4) is 0 Å². The van der Waals surface area contributed by atoms with E-state index in [4.69, 9.17) is 4.74 Å².